The van der Waals surface area contributed by atoms with Crippen molar-refractivity contribution in [3.8, 4) is 11.3 Å². The Kier molecular flexibility index (Phi) is 3.52. The molecule has 1 aromatic heterocycles. The summed E-state index contributed by atoms with van der Waals surface area (Å²) >= 11 is 0. The van der Waals surface area contributed by atoms with Crippen molar-refractivity contribution in [3.63, 3.8) is 0 Å². The zero-order chi connectivity index (χ0) is 13.9. The van der Waals surface area contributed by atoms with Gasteiger partial charge in [0.2, 0.25) is 0 Å². The van der Waals surface area contributed by atoms with Gasteiger partial charge in [-0.25, -0.2) is 4.39 Å². The van der Waals surface area contributed by atoms with Crippen LogP contribution in [0.25, 0.3) is 22.3 Å². The highest BCUT2D eigenvalue weighted by atomic mass is 19.1. The standard InChI is InChI=1S/C17H16FNO/c1-2-19-11-12-5-3-4-6-15(12)17-10-13-9-14(18)7-8-16(13)20-17/h3-10,19H,2,11H2,1H3. The Hall–Kier alpha value is -2.13. The van der Waals surface area contributed by atoms with Gasteiger partial charge in [0.1, 0.15) is 17.2 Å². The third-order valence-electron chi connectivity index (χ3n) is 3.33. The molecule has 2 aromatic carbocycles. The Morgan fingerprint density at radius 1 is 1.10 bits per heavy atom. The molecule has 0 saturated carbocycles. The van der Waals surface area contributed by atoms with Crippen LogP contribution >= 0.6 is 0 Å². The molecule has 0 atom stereocenters. The minimum absolute atomic E-state index is 0.245. The largest absolute Gasteiger partial charge is 0.456 e. The fraction of sp³-hybridized carbons (Fsp3) is 0.176. The maximum absolute atomic E-state index is 13.2. The fourth-order valence-electron chi connectivity index (χ4n) is 2.32. The van der Waals surface area contributed by atoms with Gasteiger partial charge in [-0.05, 0) is 36.4 Å². The molecule has 0 amide bonds. The Morgan fingerprint density at radius 3 is 2.80 bits per heavy atom. The van der Waals surface area contributed by atoms with E-state index >= 15 is 0 Å². The predicted molar refractivity (Wildman–Crippen MR) is 79.0 cm³/mol. The summed E-state index contributed by atoms with van der Waals surface area (Å²) in [5.41, 5.74) is 2.93. The lowest BCUT2D eigenvalue weighted by atomic mass is 10.0. The second kappa shape index (κ2) is 5.47. The van der Waals surface area contributed by atoms with Crippen LogP contribution in [0.3, 0.4) is 0 Å². The second-order valence-electron chi connectivity index (χ2n) is 4.73. The molecule has 1 heterocycles. The lowest BCUT2D eigenvalue weighted by Gasteiger charge is -2.07. The molecule has 0 radical (unpaired) electrons. The van der Waals surface area contributed by atoms with E-state index in [9.17, 15) is 4.39 Å². The molecule has 3 rings (SSSR count). The number of furan rings is 1. The summed E-state index contributed by atoms with van der Waals surface area (Å²) < 4.78 is 19.1. The van der Waals surface area contributed by atoms with Crippen LogP contribution in [0.5, 0.6) is 0 Å². The first-order chi connectivity index (χ1) is 9.78. The topological polar surface area (TPSA) is 25.2 Å². The van der Waals surface area contributed by atoms with E-state index in [-0.39, 0.29) is 5.82 Å². The van der Waals surface area contributed by atoms with Gasteiger partial charge in [0.25, 0.3) is 0 Å². The summed E-state index contributed by atoms with van der Waals surface area (Å²) in [6.07, 6.45) is 0. The Morgan fingerprint density at radius 2 is 1.95 bits per heavy atom. The minimum Gasteiger partial charge on any atom is -0.456 e. The summed E-state index contributed by atoms with van der Waals surface area (Å²) in [7, 11) is 0. The van der Waals surface area contributed by atoms with E-state index in [4.69, 9.17) is 4.42 Å². The van der Waals surface area contributed by atoms with Gasteiger partial charge in [0.05, 0.1) is 0 Å². The maximum Gasteiger partial charge on any atom is 0.135 e. The molecular formula is C17H16FNO. The van der Waals surface area contributed by atoms with Gasteiger partial charge in [-0.2, -0.15) is 0 Å². The highest BCUT2D eigenvalue weighted by molar-refractivity contribution is 5.83. The van der Waals surface area contributed by atoms with E-state index < -0.39 is 0 Å². The third-order valence-corrected chi connectivity index (χ3v) is 3.33. The summed E-state index contributed by atoms with van der Waals surface area (Å²) in [5, 5.41) is 4.11. The number of hydrogen-bond donors (Lipinski definition) is 1. The molecule has 0 aliphatic heterocycles. The first-order valence-corrected chi connectivity index (χ1v) is 6.76. The zero-order valence-corrected chi connectivity index (χ0v) is 11.3. The Bertz CT molecular complexity index is 733. The van der Waals surface area contributed by atoms with Gasteiger partial charge < -0.3 is 9.73 Å². The van der Waals surface area contributed by atoms with Gasteiger partial charge >= 0.3 is 0 Å². The van der Waals surface area contributed by atoms with Crippen molar-refractivity contribution in [1.82, 2.24) is 5.32 Å². The zero-order valence-electron chi connectivity index (χ0n) is 11.3. The first kappa shape index (κ1) is 12.9. The lowest BCUT2D eigenvalue weighted by Crippen LogP contribution is -2.12. The average Bonchev–Trinajstić information content (AvgIpc) is 2.88. The van der Waals surface area contributed by atoms with Crippen molar-refractivity contribution in [1.29, 1.82) is 0 Å². The summed E-state index contributed by atoms with van der Waals surface area (Å²) in [4.78, 5) is 0. The van der Waals surface area contributed by atoms with Crippen molar-refractivity contribution < 1.29 is 8.81 Å². The minimum atomic E-state index is -0.245. The molecule has 0 aliphatic carbocycles. The normalized spacial score (nSPS) is 11.1. The van der Waals surface area contributed by atoms with Crippen molar-refractivity contribution in [2.45, 2.75) is 13.5 Å². The van der Waals surface area contributed by atoms with E-state index in [1.54, 1.807) is 6.07 Å². The van der Waals surface area contributed by atoms with Crippen LogP contribution in [0.4, 0.5) is 4.39 Å². The average molecular weight is 269 g/mol. The summed E-state index contributed by atoms with van der Waals surface area (Å²) in [6.45, 7) is 3.78. The van der Waals surface area contributed by atoms with Crippen LogP contribution < -0.4 is 5.32 Å². The van der Waals surface area contributed by atoms with Crippen LogP contribution in [0.15, 0.2) is 52.9 Å². The van der Waals surface area contributed by atoms with Crippen LogP contribution in [0, 0.1) is 5.82 Å². The van der Waals surface area contributed by atoms with E-state index in [0.717, 1.165) is 29.8 Å². The van der Waals surface area contributed by atoms with Gasteiger partial charge in [-0.1, -0.05) is 31.2 Å². The molecule has 20 heavy (non-hydrogen) atoms. The summed E-state index contributed by atoms with van der Waals surface area (Å²) in [5.74, 6) is 0.532. The monoisotopic (exact) mass is 269 g/mol. The number of halogens is 1. The van der Waals surface area contributed by atoms with Crippen molar-refractivity contribution in [3.05, 3.63) is 59.9 Å². The van der Waals surface area contributed by atoms with Gasteiger partial charge in [0.15, 0.2) is 0 Å². The van der Waals surface area contributed by atoms with Crippen molar-refractivity contribution in [2.24, 2.45) is 0 Å². The maximum atomic E-state index is 13.2. The van der Waals surface area contributed by atoms with E-state index in [1.165, 1.54) is 17.7 Å². The highest BCUT2D eigenvalue weighted by Gasteiger charge is 2.10. The molecule has 3 heteroatoms. The predicted octanol–water partition coefficient (Wildman–Crippen LogP) is 4.35. The van der Waals surface area contributed by atoms with E-state index in [0.29, 0.717) is 5.58 Å². The van der Waals surface area contributed by atoms with E-state index in [1.807, 2.05) is 24.3 Å². The van der Waals surface area contributed by atoms with Crippen molar-refractivity contribution >= 4 is 11.0 Å². The van der Waals surface area contributed by atoms with E-state index in [2.05, 4.69) is 18.3 Å². The van der Waals surface area contributed by atoms with Gasteiger partial charge in [0, 0.05) is 17.5 Å². The number of hydrogen-bond acceptors (Lipinski definition) is 2. The molecule has 0 aliphatic rings. The number of nitrogens with one attached hydrogen (secondary N) is 1. The molecule has 102 valence electrons. The fourth-order valence-corrected chi connectivity index (χ4v) is 2.32. The Labute approximate surface area is 117 Å². The molecule has 0 bridgehead atoms. The van der Waals surface area contributed by atoms with Crippen LogP contribution in [-0.4, -0.2) is 6.54 Å². The van der Waals surface area contributed by atoms with Gasteiger partial charge in [-0.3, -0.25) is 0 Å². The molecule has 0 spiro atoms. The smallest absolute Gasteiger partial charge is 0.135 e. The lowest BCUT2D eigenvalue weighted by molar-refractivity contribution is 0.618. The third kappa shape index (κ3) is 2.45. The van der Waals surface area contributed by atoms with Crippen LogP contribution in [0.1, 0.15) is 12.5 Å². The molecule has 0 fully saturated rings. The molecule has 0 unspecified atom stereocenters. The number of fused-ring (bicyclic) bond motifs is 1. The number of benzene rings is 2. The quantitative estimate of drug-likeness (QED) is 0.761. The highest BCUT2D eigenvalue weighted by Crippen LogP contribution is 2.30. The first-order valence-electron chi connectivity index (χ1n) is 6.76. The SMILES string of the molecule is CCNCc1ccccc1-c1cc2cc(F)ccc2o1. The molecular weight excluding hydrogens is 253 g/mol. The van der Waals surface area contributed by atoms with Gasteiger partial charge in [-0.15, -0.1) is 0 Å². The Balaban J connectivity index is 2.06. The number of rotatable bonds is 4. The second-order valence-corrected chi connectivity index (χ2v) is 4.73. The molecule has 0 saturated heterocycles. The summed E-state index contributed by atoms with van der Waals surface area (Å²) in [6, 6.07) is 14.6. The molecule has 1 N–H and O–H groups in total. The molecule has 3 aromatic rings. The van der Waals surface area contributed by atoms with Crippen LogP contribution in [-0.2, 0) is 6.54 Å². The van der Waals surface area contributed by atoms with Crippen LogP contribution in [0.2, 0.25) is 0 Å². The van der Waals surface area contributed by atoms with Crippen molar-refractivity contribution in [2.75, 3.05) is 6.54 Å². The molecule has 2 nitrogen and oxygen atoms in total.